The van der Waals surface area contributed by atoms with Crippen LogP contribution in [0, 0.1) is 17.8 Å². The van der Waals surface area contributed by atoms with Gasteiger partial charge in [-0.2, -0.15) is 0 Å². The van der Waals surface area contributed by atoms with Crippen molar-refractivity contribution < 1.29 is 18.8 Å². The largest absolute Gasteiger partial charge is 0.383 e. The molecule has 2 aliphatic rings. The molecule has 2 aliphatic carbocycles. The van der Waals surface area contributed by atoms with Crippen LogP contribution in [0.3, 0.4) is 0 Å². The number of fused-ring (bicyclic) bond motifs is 1. The van der Waals surface area contributed by atoms with Crippen LogP contribution in [-0.2, 0) is 16.9 Å². The zero-order valence-corrected chi connectivity index (χ0v) is 23.8. The third-order valence-corrected chi connectivity index (χ3v) is 9.62. The van der Waals surface area contributed by atoms with Crippen LogP contribution in [0.25, 0.3) is 26.3 Å². The van der Waals surface area contributed by atoms with Crippen molar-refractivity contribution in [3.8, 4) is 11.3 Å². The predicted octanol–water partition coefficient (Wildman–Crippen LogP) is 8.81. The molecule has 2 aromatic carbocycles. The summed E-state index contributed by atoms with van der Waals surface area (Å²) in [5.74, 6) is 0.593. The van der Waals surface area contributed by atoms with Gasteiger partial charge in [0.15, 0.2) is 5.69 Å². The average molecular weight is 587 g/mol. The Bertz CT molecular complexity index is 1600. The summed E-state index contributed by atoms with van der Waals surface area (Å²) in [4.78, 5) is 7.80. The maximum atomic E-state index is 14.6. The monoisotopic (exact) mass is 585 g/mol. The van der Waals surface area contributed by atoms with Crippen molar-refractivity contribution in [2.75, 3.05) is 0 Å². The van der Waals surface area contributed by atoms with Gasteiger partial charge in [0.05, 0.1) is 29.3 Å². The summed E-state index contributed by atoms with van der Waals surface area (Å²) in [6.45, 7) is 11.6. The van der Waals surface area contributed by atoms with E-state index in [1.807, 2.05) is 0 Å². The van der Waals surface area contributed by atoms with E-state index < -0.39 is 16.8 Å². The van der Waals surface area contributed by atoms with Crippen LogP contribution in [0.15, 0.2) is 34.9 Å². The highest BCUT2D eigenvalue weighted by atomic mass is 35.5. The van der Waals surface area contributed by atoms with Gasteiger partial charge in [-0.05, 0) is 61.8 Å². The number of aliphatic hydroxyl groups is 1. The van der Waals surface area contributed by atoms with Gasteiger partial charge in [0.25, 0.3) is 0 Å². The Morgan fingerprint density at radius 2 is 1.97 bits per heavy atom. The lowest BCUT2D eigenvalue weighted by molar-refractivity contribution is -0.130. The van der Waals surface area contributed by atoms with E-state index in [-0.39, 0.29) is 23.9 Å². The zero-order chi connectivity index (χ0) is 27.5. The Kier molecular flexibility index (Phi) is 6.72. The molecule has 2 atom stereocenters. The summed E-state index contributed by atoms with van der Waals surface area (Å²) >= 11 is 14.2. The average Bonchev–Trinajstić information content (AvgIpc) is 3.48. The van der Waals surface area contributed by atoms with Gasteiger partial charge in [0.2, 0.25) is 0 Å². The zero-order valence-electron chi connectivity index (χ0n) is 21.4. The smallest absolute Gasteiger partial charge is 0.191 e. The quantitative estimate of drug-likeness (QED) is 0.229. The molecule has 0 saturated heterocycles. The summed E-state index contributed by atoms with van der Waals surface area (Å²) in [7, 11) is 0. The first-order valence-electron chi connectivity index (χ1n) is 12.8. The molecule has 1 N–H and O–H groups in total. The van der Waals surface area contributed by atoms with Crippen LogP contribution in [0.1, 0.15) is 68.2 Å². The number of rotatable bonds is 6. The van der Waals surface area contributed by atoms with Gasteiger partial charge >= 0.3 is 0 Å². The fourth-order valence-electron chi connectivity index (χ4n) is 5.68. The van der Waals surface area contributed by atoms with Crippen molar-refractivity contribution in [3.63, 3.8) is 0 Å². The predicted molar refractivity (Wildman–Crippen MR) is 150 cm³/mol. The molecule has 4 aromatic rings. The molecule has 6 rings (SSSR count). The van der Waals surface area contributed by atoms with Crippen LogP contribution in [0.4, 0.5) is 10.1 Å². The van der Waals surface area contributed by atoms with E-state index in [4.69, 9.17) is 39.0 Å². The molecular formula is C29H26Cl2FN3O3S. The minimum atomic E-state index is -1.22. The van der Waals surface area contributed by atoms with Crippen molar-refractivity contribution in [1.82, 2.24) is 10.1 Å². The molecule has 10 heteroatoms. The van der Waals surface area contributed by atoms with E-state index >= 15 is 0 Å². The highest BCUT2D eigenvalue weighted by molar-refractivity contribution is 7.18. The first-order valence-corrected chi connectivity index (χ1v) is 14.4. The molecule has 0 unspecified atom stereocenters. The Labute approximate surface area is 239 Å². The van der Waals surface area contributed by atoms with Crippen molar-refractivity contribution >= 4 is 50.4 Å². The fourth-order valence-corrected chi connectivity index (χ4v) is 7.38. The standard InChI is InChI=1S/C29H26Cl2FN3O3S/c1-28(2)14-29(36,27-34-25-20(32)11-16(33-3)12-21(25)39-27)10-9-22(28)37-13-17-24(35-38-26(17)15-7-8-15)23-18(30)5-4-6-19(23)31/h4-6,11-12,15,22,36H,7-10,13-14H2,1-2H3/t22-,29+/m1/s1. The molecule has 0 spiro atoms. The maximum absolute atomic E-state index is 14.6. The molecule has 2 heterocycles. The van der Waals surface area contributed by atoms with Gasteiger partial charge in [0.1, 0.15) is 33.4 Å². The molecule has 0 amide bonds. The third-order valence-electron chi connectivity index (χ3n) is 7.80. The lowest BCUT2D eigenvalue weighted by atomic mass is 9.68. The first kappa shape index (κ1) is 26.7. The van der Waals surface area contributed by atoms with E-state index in [9.17, 15) is 9.50 Å². The molecule has 6 nitrogen and oxygen atoms in total. The second-order valence-corrected chi connectivity index (χ2v) is 13.0. The number of aromatic nitrogens is 2. The Balaban J connectivity index is 1.24. The van der Waals surface area contributed by atoms with Crippen LogP contribution in [0.2, 0.25) is 10.0 Å². The van der Waals surface area contributed by atoms with Gasteiger partial charge in [0, 0.05) is 21.7 Å². The number of hydrogen-bond donors (Lipinski definition) is 1. The van der Waals surface area contributed by atoms with Crippen molar-refractivity contribution in [2.24, 2.45) is 5.41 Å². The van der Waals surface area contributed by atoms with Crippen LogP contribution >= 0.6 is 34.5 Å². The molecule has 202 valence electrons. The second kappa shape index (κ2) is 9.83. The maximum Gasteiger partial charge on any atom is 0.191 e. The number of benzene rings is 2. The van der Waals surface area contributed by atoms with Gasteiger partial charge in [-0.3, -0.25) is 0 Å². The lowest BCUT2D eigenvalue weighted by Gasteiger charge is -2.45. The summed E-state index contributed by atoms with van der Waals surface area (Å²) in [6.07, 6.45) is 3.32. The second-order valence-electron chi connectivity index (χ2n) is 11.2. The topological polar surface area (TPSA) is 72.7 Å². The highest BCUT2D eigenvalue weighted by Crippen LogP contribution is 2.51. The Morgan fingerprint density at radius 3 is 2.64 bits per heavy atom. The Hall–Kier alpha value is -2.54. The van der Waals surface area contributed by atoms with Gasteiger partial charge < -0.3 is 14.4 Å². The van der Waals surface area contributed by atoms with Gasteiger partial charge in [-0.1, -0.05) is 48.3 Å². The van der Waals surface area contributed by atoms with E-state index in [0.29, 0.717) is 56.2 Å². The van der Waals surface area contributed by atoms with Gasteiger partial charge in [-0.25, -0.2) is 14.2 Å². The van der Waals surface area contributed by atoms with Crippen LogP contribution < -0.4 is 0 Å². The minimum Gasteiger partial charge on any atom is -0.383 e. The molecule has 0 radical (unpaired) electrons. The minimum absolute atomic E-state index is 0.158. The summed E-state index contributed by atoms with van der Waals surface area (Å²) in [5.41, 5.74) is 0.884. The van der Waals surface area contributed by atoms with E-state index in [1.54, 1.807) is 24.3 Å². The molecule has 0 bridgehead atoms. The van der Waals surface area contributed by atoms with Crippen LogP contribution in [0.5, 0.6) is 0 Å². The van der Waals surface area contributed by atoms with E-state index in [2.05, 4.69) is 28.8 Å². The van der Waals surface area contributed by atoms with E-state index in [1.165, 1.54) is 17.4 Å². The summed E-state index contributed by atoms with van der Waals surface area (Å²) in [6, 6.07) is 8.15. The van der Waals surface area contributed by atoms with E-state index in [0.717, 1.165) is 24.2 Å². The fraction of sp³-hybridized carbons (Fsp3) is 0.414. The molecule has 2 saturated carbocycles. The van der Waals surface area contributed by atoms with Gasteiger partial charge in [-0.15, -0.1) is 11.3 Å². The molecule has 39 heavy (non-hydrogen) atoms. The third kappa shape index (κ3) is 4.85. The molecular weight excluding hydrogens is 560 g/mol. The van der Waals surface area contributed by atoms with Crippen molar-refractivity contribution in [3.05, 3.63) is 73.9 Å². The molecule has 0 aliphatic heterocycles. The number of thiazole rings is 1. The number of halogens is 3. The van der Waals surface area contributed by atoms with Crippen molar-refractivity contribution in [1.29, 1.82) is 0 Å². The Morgan fingerprint density at radius 1 is 1.23 bits per heavy atom. The lowest BCUT2D eigenvalue weighted by Crippen LogP contribution is -2.45. The SMILES string of the molecule is [C-]#[N+]c1cc(F)c2nc([C@]3(O)CC[C@@H](OCc4c(-c5c(Cl)cccc5Cl)noc4C4CC4)C(C)(C)C3)sc2c1. The molecule has 2 fully saturated rings. The van der Waals surface area contributed by atoms with Crippen LogP contribution in [-0.4, -0.2) is 21.4 Å². The summed E-state index contributed by atoms with van der Waals surface area (Å²) in [5, 5.41) is 17.5. The number of hydrogen-bond acceptors (Lipinski definition) is 6. The first-order chi connectivity index (χ1) is 18.6. The normalized spacial score (nSPS) is 22.7. The number of nitrogens with zero attached hydrogens (tertiary/aromatic N) is 3. The van der Waals surface area contributed by atoms with Crippen molar-refractivity contribution in [2.45, 2.75) is 70.2 Å². The highest BCUT2D eigenvalue weighted by Gasteiger charge is 2.48. The number of ether oxygens (including phenoxy) is 1. The molecule has 2 aromatic heterocycles. The summed E-state index contributed by atoms with van der Waals surface area (Å²) < 4.78 is 27.4.